The van der Waals surface area contributed by atoms with Crippen LogP contribution in [0.3, 0.4) is 0 Å². The molecule has 0 bridgehead atoms. The number of benzene rings is 1. The minimum absolute atomic E-state index is 0.000110. The number of fused-ring (bicyclic) bond motifs is 1. The van der Waals surface area contributed by atoms with E-state index in [9.17, 15) is 14.4 Å². The third kappa shape index (κ3) is 2.41. The van der Waals surface area contributed by atoms with Gasteiger partial charge in [-0.05, 0) is 5.56 Å². The highest BCUT2D eigenvalue weighted by Crippen LogP contribution is 2.09. The van der Waals surface area contributed by atoms with Gasteiger partial charge in [-0.1, -0.05) is 35.1 Å². The van der Waals surface area contributed by atoms with Crippen molar-refractivity contribution in [2.75, 3.05) is 0 Å². The molecule has 0 aliphatic rings. The molecule has 112 valence electrons. The van der Waals surface area contributed by atoms with E-state index >= 15 is 0 Å². The van der Waals surface area contributed by atoms with Gasteiger partial charge in [-0.3, -0.25) is 9.78 Å². The Balaban J connectivity index is 2.16. The monoisotopic (exact) mass is 300 g/mol. The maximum atomic E-state index is 12.0. The summed E-state index contributed by atoms with van der Waals surface area (Å²) in [6.07, 6.45) is 1.42. The number of H-pyrrole nitrogens is 1. The van der Waals surface area contributed by atoms with Crippen LogP contribution in [0, 0.1) is 0 Å². The van der Waals surface area contributed by atoms with E-state index in [1.807, 2.05) is 30.3 Å². The molecule has 0 atom stereocenters. The Morgan fingerprint density at radius 2 is 2.00 bits per heavy atom. The standard InChI is InChI=1S/C14H12N4O4/c1-9(19)22-18-12-11(13(20)16-14(18)21)17(8-15-12)7-10-5-3-2-4-6-10/h2-6,8H,7H2,1H3,(H,16,20,21). The largest absolute Gasteiger partial charge is 0.364 e. The van der Waals surface area contributed by atoms with Crippen molar-refractivity contribution in [2.24, 2.45) is 0 Å². The summed E-state index contributed by atoms with van der Waals surface area (Å²) in [5, 5.41) is 0. The van der Waals surface area contributed by atoms with Crippen molar-refractivity contribution in [3.63, 3.8) is 0 Å². The normalized spacial score (nSPS) is 10.8. The quantitative estimate of drug-likeness (QED) is 0.729. The average molecular weight is 300 g/mol. The van der Waals surface area contributed by atoms with Gasteiger partial charge < -0.3 is 9.40 Å². The fraction of sp³-hybridized carbons (Fsp3) is 0.143. The number of carbonyl (C=O) groups excluding carboxylic acids is 1. The Kier molecular flexibility index (Phi) is 3.34. The molecule has 2 heterocycles. The van der Waals surface area contributed by atoms with Crippen LogP contribution in [-0.2, 0) is 11.3 Å². The molecule has 1 N–H and O–H groups in total. The molecule has 1 aromatic carbocycles. The summed E-state index contributed by atoms with van der Waals surface area (Å²) >= 11 is 0. The van der Waals surface area contributed by atoms with E-state index in [4.69, 9.17) is 4.84 Å². The number of nitrogens with one attached hydrogen (secondary N) is 1. The smallest absolute Gasteiger partial charge is 0.330 e. The zero-order valence-electron chi connectivity index (χ0n) is 11.6. The van der Waals surface area contributed by atoms with Crippen molar-refractivity contribution in [1.82, 2.24) is 19.3 Å². The van der Waals surface area contributed by atoms with Gasteiger partial charge in [-0.15, -0.1) is 0 Å². The van der Waals surface area contributed by atoms with Gasteiger partial charge in [0, 0.05) is 13.5 Å². The SMILES string of the molecule is CC(=O)On1c(=O)[nH]c(=O)c2c1ncn2Cc1ccccc1. The lowest BCUT2D eigenvalue weighted by Gasteiger charge is -2.06. The van der Waals surface area contributed by atoms with Gasteiger partial charge in [0.1, 0.15) is 0 Å². The summed E-state index contributed by atoms with van der Waals surface area (Å²) in [5.41, 5.74) is -0.314. The maximum Gasteiger partial charge on any atom is 0.364 e. The minimum atomic E-state index is -0.849. The summed E-state index contributed by atoms with van der Waals surface area (Å²) in [6.45, 7) is 1.56. The Hall–Kier alpha value is -3.16. The molecule has 0 spiro atoms. The Morgan fingerprint density at radius 3 is 2.68 bits per heavy atom. The van der Waals surface area contributed by atoms with Crippen LogP contribution in [0.15, 0.2) is 46.2 Å². The minimum Gasteiger partial charge on any atom is -0.330 e. The first-order chi connectivity index (χ1) is 10.6. The zero-order valence-corrected chi connectivity index (χ0v) is 11.6. The molecular weight excluding hydrogens is 288 g/mol. The topological polar surface area (TPSA) is 99.0 Å². The van der Waals surface area contributed by atoms with E-state index in [-0.39, 0.29) is 11.2 Å². The zero-order chi connectivity index (χ0) is 15.7. The molecule has 3 aromatic rings. The number of aromatic nitrogens is 4. The number of hydrogen-bond acceptors (Lipinski definition) is 5. The molecule has 8 heteroatoms. The molecule has 22 heavy (non-hydrogen) atoms. The highest BCUT2D eigenvalue weighted by molar-refractivity contribution is 5.72. The second-order valence-electron chi connectivity index (χ2n) is 4.67. The first kappa shape index (κ1) is 13.8. The Bertz CT molecular complexity index is 952. The second-order valence-corrected chi connectivity index (χ2v) is 4.67. The van der Waals surface area contributed by atoms with Crippen LogP contribution in [-0.4, -0.2) is 25.2 Å². The van der Waals surface area contributed by atoms with Crippen molar-refractivity contribution in [1.29, 1.82) is 0 Å². The lowest BCUT2D eigenvalue weighted by atomic mass is 10.2. The van der Waals surface area contributed by atoms with Gasteiger partial charge >= 0.3 is 11.7 Å². The molecule has 0 aliphatic carbocycles. The lowest BCUT2D eigenvalue weighted by molar-refractivity contribution is -0.141. The van der Waals surface area contributed by atoms with Crippen molar-refractivity contribution in [3.05, 3.63) is 63.1 Å². The fourth-order valence-electron chi connectivity index (χ4n) is 2.17. The van der Waals surface area contributed by atoms with E-state index in [1.54, 1.807) is 4.57 Å². The molecule has 8 nitrogen and oxygen atoms in total. The highest BCUT2D eigenvalue weighted by Gasteiger charge is 2.15. The number of rotatable bonds is 3. The summed E-state index contributed by atoms with van der Waals surface area (Å²) in [6, 6.07) is 9.46. The molecule has 0 aliphatic heterocycles. The highest BCUT2D eigenvalue weighted by atomic mass is 16.7. The summed E-state index contributed by atoms with van der Waals surface area (Å²) in [4.78, 5) is 45.8. The number of imidazole rings is 1. The van der Waals surface area contributed by atoms with Crippen LogP contribution in [0.1, 0.15) is 12.5 Å². The molecule has 2 aromatic heterocycles. The lowest BCUT2D eigenvalue weighted by Crippen LogP contribution is -2.36. The van der Waals surface area contributed by atoms with Crippen molar-refractivity contribution >= 4 is 17.1 Å². The number of carbonyl (C=O) groups is 1. The molecule has 0 fully saturated rings. The van der Waals surface area contributed by atoms with Crippen LogP contribution in [0.4, 0.5) is 0 Å². The summed E-state index contributed by atoms with van der Waals surface area (Å²) < 4.78 is 2.27. The van der Waals surface area contributed by atoms with Crippen LogP contribution in [0.2, 0.25) is 0 Å². The van der Waals surface area contributed by atoms with E-state index in [2.05, 4.69) is 9.97 Å². The average Bonchev–Trinajstić information content (AvgIpc) is 2.88. The third-order valence-electron chi connectivity index (χ3n) is 3.05. The molecule has 0 unspecified atom stereocenters. The molecule has 0 radical (unpaired) electrons. The first-order valence-corrected chi connectivity index (χ1v) is 6.49. The third-order valence-corrected chi connectivity index (χ3v) is 3.05. The van der Waals surface area contributed by atoms with E-state index in [0.717, 1.165) is 12.5 Å². The van der Waals surface area contributed by atoms with Crippen LogP contribution in [0.5, 0.6) is 0 Å². The van der Waals surface area contributed by atoms with Crippen molar-refractivity contribution in [3.8, 4) is 0 Å². The maximum absolute atomic E-state index is 12.0. The fourth-order valence-corrected chi connectivity index (χ4v) is 2.17. The first-order valence-electron chi connectivity index (χ1n) is 6.49. The van der Waals surface area contributed by atoms with Gasteiger partial charge in [-0.2, -0.15) is 0 Å². The number of nitrogens with zero attached hydrogens (tertiary/aromatic N) is 3. The predicted molar refractivity (Wildman–Crippen MR) is 77.4 cm³/mol. The number of hydrogen-bond donors (Lipinski definition) is 1. The molecule has 0 amide bonds. The van der Waals surface area contributed by atoms with Crippen molar-refractivity contribution < 1.29 is 9.63 Å². The Labute approximate surface area is 123 Å². The van der Waals surface area contributed by atoms with Crippen LogP contribution in [0.25, 0.3) is 11.2 Å². The number of aromatic amines is 1. The predicted octanol–water partition coefficient (Wildman–Crippen LogP) is -0.0903. The van der Waals surface area contributed by atoms with E-state index < -0.39 is 17.2 Å². The van der Waals surface area contributed by atoms with Crippen LogP contribution >= 0.6 is 0 Å². The van der Waals surface area contributed by atoms with Gasteiger partial charge in [0.25, 0.3) is 5.56 Å². The van der Waals surface area contributed by atoms with Gasteiger partial charge in [0.2, 0.25) is 5.65 Å². The van der Waals surface area contributed by atoms with E-state index in [1.165, 1.54) is 6.33 Å². The second kappa shape index (κ2) is 5.32. The molecular formula is C14H12N4O4. The van der Waals surface area contributed by atoms with Gasteiger partial charge in [0.05, 0.1) is 6.33 Å². The van der Waals surface area contributed by atoms with Crippen LogP contribution < -0.4 is 16.1 Å². The molecule has 0 saturated carbocycles. The summed E-state index contributed by atoms with van der Waals surface area (Å²) in [7, 11) is 0. The Morgan fingerprint density at radius 1 is 1.27 bits per heavy atom. The molecule has 3 rings (SSSR count). The van der Waals surface area contributed by atoms with Gasteiger partial charge in [-0.25, -0.2) is 14.6 Å². The molecule has 0 saturated heterocycles. The van der Waals surface area contributed by atoms with E-state index in [0.29, 0.717) is 11.3 Å². The van der Waals surface area contributed by atoms with Crippen molar-refractivity contribution in [2.45, 2.75) is 13.5 Å². The summed E-state index contributed by atoms with van der Waals surface area (Å²) in [5.74, 6) is -0.687. The van der Waals surface area contributed by atoms with Gasteiger partial charge in [0.15, 0.2) is 5.52 Å².